The van der Waals surface area contributed by atoms with E-state index in [0.29, 0.717) is 35.3 Å². The molecule has 1 heterocycles. The van der Waals surface area contributed by atoms with Gasteiger partial charge in [-0.3, -0.25) is 4.79 Å². The highest BCUT2D eigenvalue weighted by molar-refractivity contribution is 6.14. The number of hydrogen-bond acceptors (Lipinski definition) is 4. The fourth-order valence-electron chi connectivity index (χ4n) is 3.66. The minimum absolute atomic E-state index is 0.223. The molecule has 2 atom stereocenters. The van der Waals surface area contributed by atoms with Gasteiger partial charge in [0.15, 0.2) is 0 Å². The van der Waals surface area contributed by atoms with Crippen LogP contribution >= 0.6 is 0 Å². The molecule has 2 aliphatic carbocycles. The van der Waals surface area contributed by atoms with Gasteiger partial charge in [0, 0.05) is 16.7 Å². The summed E-state index contributed by atoms with van der Waals surface area (Å²) in [5.41, 5.74) is -0.447. The van der Waals surface area contributed by atoms with Gasteiger partial charge in [0.2, 0.25) is 11.4 Å². The van der Waals surface area contributed by atoms with Crippen molar-refractivity contribution in [3.05, 3.63) is 58.9 Å². The summed E-state index contributed by atoms with van der Waals surface area (Å²) in [4.78, 5) is 12.9. The molecule has 24 heavy (non-hydrogen) atoms. The predicted molar refractivity (Wildman–Crippen MR) is 91.8 cm³/mol. The quantitative estimate of drug-likeness (QED) is 0.765. The van der Waals surface area contributed by atoms with Crippen LogP contribution in [0, 0.1) is 5.41 Å². The number of fused-ring (bicyclic) bond motifs is 3. The van der Waals surface area contributed by atoms with E-state index >= 15 is 0 Å². The van der Waals surface area contributed by atoms with Crippen molar-refractivity contribution in [3.63, 3.8) is 0 Å². The fraction of sp³-hybridized carbons (Fsp3) is 0.450. The van der Waals surface area contributed by atoms with Gasteiger partial charge in [0.25, 0.3) is 5.79 Å². The first-order valence-electron chi connectivity index (χ1n) is 8.23. The Labute approximate surface area is 142 Å². The van der Waals surface area contributed by atoms with E-state index in [9.17, 15) is 15.0 Å². The molecule has 4 heteroatoms. The summed E-state index contributed by atoms with van der Waals surface area (Å²) in [5.74, 6) is -2.20. The zero-order valence-electron chi connectivity index (χ0n) is 14.6. The molecule has 2 N–H and O–H groups in total. The number of aliphatic hydroxyl groups is 2. The maximum absolute atomic E-state index is 12.9. The van der Waals surface area contributed by atoms with Gasteiger partial charge in [-0.05, 0) is 36.8 Å². The monoisotopic (exact) mass is 328 g/mol. The number of carbonyl (C=O) groups excluding carboxylic acids is 1. The predicted octanol–water partition coefficient (Wildman–Crippen LogP) is 3.10. The average Bonchev–Trinajstić information content (AvgIpc) is 2.80. The third-order valence-electron chi connectivity index (χ3n) is 5.04. The fourth-order valence-corrected chi connectivity index (χ4v) is 3.66. The highest BCUT2D eigenvalue weighted by Crippen LogP contribution is 2.56. The van der Waals surface area contributed by atoms with Crippen molar-refractivity contribution < 1.29 is 19.7 Å². The molecule has 4 nitrogen and oxygen atoms in total. The van der Waals surface area contributed by atoms with Crippen molar-refractivity contribution in [2.24, 2.45) is 5.41 Å². The van der Waals surface area contributed by atoms with Gasteiger partial charge in [-0.2, -0.15) is 0 Å². The second-order valence-corrected chi connectivity index (χ2v) is 7.62. The van der Waals surface area contributed by atoms with Gasteiger partial charge in [0.05, 0.1) is 0 Å². The largest absolute Gasteiger partial charge is 0.458 e. The van der Waals surface area contributed by atoms with E-state index in [2.05, 4.69) is 6.58 Å². The zero-order chi connectivity index (χ0) is 17.9. The number of ketones is 1. The van der Waals surface area contributed by atoms with E-state index in [-0.39, 0.29) is 5.41 Å². The lowest BCUT2D eigenvalue weighted by Gasteiger charge is -2.30. The van der Waals surface area contributed by atoms with Crippen LogP contribution in [0.4, 0.5) is 0 Å². The smallest absolute Gasteiger partial charge is 0.276 e. The van der Waals surface area contributed by atoms with E-state index in [1.54, 1.807) is 31.2 Å². The van der Waals surface area contributed by atoms with Gasteiger partial charge >= 0.3 is 0 Å². The molecular weight excluding hydrogens is 304 g/mol. The molecule has 0 radical (unpaired) electrons. The molecule has 0 aromatic rings. The van der Waals surface area contributed by atoms with E-state index in [1.807, 2.05) is 20.8 Å². The Morgan fingerprint density at radius 3 is 2.50 bits per heavy atom. The molecule has 1 aliphatic heterocycles. The molecule has 0 aromatic carbocycles. The minimum Gasteiger partial charge on any atom is -0.458 e. The second kappa shape index (κ2) is 5.04. The molecular formula is C20H24O4. The number of hydrogen-bond donors (Lipinski definition) is 2. The molecule has 2 unspecified atom stereocenters. The zero-order valence-corrected chi connectivity index (χ0v) is 14.6. The third kappa shape index (κ3) is 1.96. The maximum Gasteiger partial charge on any atom is 0.276 e. The first kappa shape index (κ1) is 16.9. The van der Waals surface area contributed by atoms with Crippen molar-refractivity contribution in [1.29, 1.82) is 0 Å². The SMILES string of the molecule is C=C/C(=C\C1=C(C)OC2(O)C3=CCCC=C3C(=O)C12O)C(C)(C)C. The summed E-state index contributed by atoms with van der Waals surface area (Å²) in [7, 11) is 0. The molecule has 1 saturated carbocycles. The van der Waals surface area contributed by atoms with E-state index in [1.165, 1.54) is 0 Å². The second-order valence-electron chi connectivity index (χ2n) is 7.62. The Balaban J connectivity index is 2.21. The van der Waals surface area contributed by atoms with Crippen molar-refractivity contribution in [1.82, 2.24) is 0 Å². The Kier molecular flexibility index (Phi) is 3.56. The van der Waals surface area contributed by atoms with Gasteiger partial charge in [-0.1, -0.05) is 45.6 Å². The molecule has 0 amide bonds. The number of rotatable bonds is 2. The number of ether oxygens (including phenoxy) is 1. The van der Waals surface area contributed by atoms with Crippen LogP contribution in [0.15, 0.2) is 58.9 Å². The Bertz CT molecular complexity index is 757. The lowest BCUT2D eigenvalue weighted by atomic mass is 9.80. The molecule has 1 fully saturated rings. The molecule has 128 valence electrons. The summed E-state index contributed by atoms with van der Waals surface area (Å²) in [5, 5.41) is 22.4. The highest BCUT2D eigenvalue weighted by atomic mass is 16.7. The van der Waals surface area contributed by atoms with E-state index in [4.69, 9.17) is 4.74 Å². The van der Waals surface area contributed by atoms with Crippen LogP contribution in [-0.4, -0.2) is 27.4 Å². The molecule has 3 aliphatic rings. The summed E-state index contributed by atoms with van der Waals surface area (Å²) >= 11 is 0. The summed E-state index contributed by atoms with van der Waals surface area (Å²) in [6.07, 6.45) is 8.39. The maximum atomic E-state index is 12.9. The first-order chi connectivity index (χ1) is 11.1. The van der Waals surface area contributed by atoms with Crippen molar-refractivity contribution in [2.75, 3.05) is 0 Å². The van der Waals surface area contributed by atoms with Crippen LogP contribution in [0.1, 0.15) is 40.5 Å². The Hall–Kier alpha value is -1.91. The molecule has 0 aromatic heterocycles. The van der Waals surface area contributed by atoms with Crippen LogP contribution in [0.3, 0.4) is 0 Å². The van der Waals surface area contributed by atoms with E-state index < -0.39 is 17.2 Å². The number of carbonyl (C=O) groups is 1. The summed E-state index contributed by atoms with van der Waals surface area (Å²) in [6, 6.07) is 0. The lowest BCUT2D eigenvalue weighted by Crippen LogP contribution is -2.53. The average molecular weight is 328 g/mol. The van der Waals surface area contributed by atoms with Crippen molar-refractivity contribution in [2.45, 2.75) is 51.9 Å². The standard InChI is InChI=1S/C20H24O4/c1-6-13(18(3,4)5)11-16-12(2)24-20(23)15-10-8-7-9-14(15)17(21)19(16,20)22/h6,9-11,22-23H,1,7-8H2,2-5H3/b13-11+. The topological polar surface area (TPSA) is 66.8 Å². The van der Waals surface area contributed by atoms with E-state index in [0.717, 1.165) is 5.57 Å². The van der Waals surface area contributed by atoms with Gasteiger partial charge in [-0.25, -0.2) is 0 Å². The number of Topliss-reactive ketones (excluding diaryl/α,β-unsaturated/α-hetero) is 1. The minimum atomic E-state index is -2.11. The van der Waals surface area contributed by atoms with Crippen LogP contribution in [0.25, 0.3) is 0 Å². The number of allylic oxidation sites excluding steroid dienone is 5. The highest BCUT2D eigenvalue weighted by Gasteiger charge is 2.72. The lowest BCUT2D eigenvalue weighted by molar-refractivity contribution is -0.207. The van der Waals surface area contributed by atoms with Crippen molar-refractivity contribution >= 4 is 5.78 Å². The Morgan fingerprint density at radius 1 is 1.29 bits per heavy atom. The summed E-state index contributed by atoms with van der Waals surface area (Å²) in [6.45, 7) is 11.5. The Morgan fingerprint density at radius 2 is 1.92 bits per heavy atom. The first-order valence-corrected chi connectivity index (χ1v) is 8.23. The van der Waals surface area contributed by atoms with Crippen LogP contribution in [0.2, 0.25) is 0 Å². The molecule has 0 bridgehead atoms. The molecule has 0 saturated heterocycles. The van der Waals surface area contributed by atoms with Crippen LogP contribution in [0.5, 0.6) is 0 Å². The third-order valence-corrected chi connectivity index (χ3v) is 5.04. The normalized spacial score (nSPS) is 32.9. The molecule has 3 rings (SSSR count). The van der Waals surface area contributed by atoms with Gasteiger partial charge in [0.1, 0.15) is 5.76 Å². The van der Waals surface area contributed by atoms with Gasteiger partial charge < -0.3 is 14.9 Å². The molecule has 0 spiro atoms. The van der Waals surface area contributed by atoms with Crippen LogP contribution < -0.4 is 0 Å². The van der Waals surface area contributed by atoms with Crippen LogP contribution in [-0.2, 0) is 9.53 Å². The summed E-state index contributed by atoms with van der Waals surface area (Å²) < 4.78 is 5.66. The van der Waals surface area contributed by atoms with Crippen molar-refractivity contribution in [3.8, 4) is 0 Å². The van der Waals surface area contributed by atoms with Gasteiger partial charge in [-0.15, -0.1) is 0 Å².